The molecule has 0 saturated heterocycles. The van der Waals surface area contributed by atoms with Crippen molar-refractivity contribution in [3.8, 4) is 0 Å². The topological polar surface area (TPSA) is 72.2 Å². The smallest absolute Gasteiger partial charge is 0.238 e. The molecule has 0 saturated carbocycles. The summed E-state index contributed by atoms with van der Waals surface area (Å²) < 4.78 is 49.0. The highest BCUT2D eigenvalue weighted by atomic mass is 32.2. The van der Waals surface area contributed by atoms with Gasteiger partial charge >= 0.3 is 0 Å². The summed E-state index contributed by atoms with van der Waals surface area (Å²) in [5.74, 6) is -1.08. The Morgan fingerprint density at radius 3 is 2.24 bits per heavy atom. The maximum absolute atomic E-state index is 13.9. The molecule has 4 nitrogen and oxygen atoms in total. The predicted molar refractivity (Wildman–Crippen MR) is 76.2 cm³/mol. The van der Waals surface area contributed by atoms with Crippen LogP contribution in [-0.2, 0) is 10.0 Å². The van der Waals surface area contributed by atoms with Gasteiger partial charge in [-0.25, -0.2) is 22.3 Å². The Balaban J connectivity index is 2.22. The average molecular weight is 312 g/mol. The molecular weight excluding hydrogens is 298 g/mol. The van der Waals surface area contributed by atoms with Crippen molar-refractivity contribution in [2.75, 3.05) is 5.32 Å². The molecule has 2 aromatic rings. The lowest BCUT2D eigenvalue weighted by Gasteiger charge is -2.16. The Kier molecular flexibility index (Phi) is 4.24. The van der Waals surface area contributed by atoms with Crippen molar-refractivity contribution < 1.29 is 17.2 Å². The van der Waals surface area contributed by atoms with Crippen LogP contribution in [0.5, 0.6) is 0 Å². The largest absolute Gasteiger partial charge is 0.376 e. The van der Waals surface area contributed by atoms with Crippen LogP contribution in [0.4, 0.5) is 14.5 Å². The van der Waals surface area contributed by atoms with Gasteiger partial charge in [0.05, 0.1) is 10.6 Å². The summed E-state index contributed by atoms with van der Waals surface area (Å²) >= 11 is 0. The highest BCUT2D eigenvalue weighted by molar-refractivity contribution is 7.89. The van der Waals surface area contributed by atoms with Gasteiger partial charge in [-0.15, -0.1) is 0 Å². The van der Waals surface area contributed by atoms with Crippen molar-refractivity contribution in [3.05, 3.63) is 59.7 Å². The van der Waals surface area contributed by atoms with E-state index in [0.717, 1.165) is 11.6 Å². The first-order chi connectivity index (χ1) is 9.77. The lowest BCUT2D eigenvalue weighted by atomic mass is 10.1. The number of benzene rings is 2. The first-order valence-electron chi connectivity index (χ1n) is 6.12. The summed E-state index contributed by atoms with van der Waals surface area (Å²) in [5, 5.41) is 7.82. The molecule has 2 rings (SSSR count). The van der Waals surface area contributed by atoms with Crippen LogP contribution in [-0.4, -0.2) is 8.42 Å². The van der Waals surface area contributed by atoms with Crippen LogP contribution in [0, 0.1) is 11.6 Å². The lowest BCUT2D eigenvalue weighted by molar-refractivity contribution is 0.592. The summed E-state index contributed by atoms with van der Waals surface area (Å²) in [4.78, 5) is -0.292. The van der Waals surface area contributed by atoms with E-state index in [4.69, 9.17) is 5.14 Å². The minimum atomic E-state index is -3.94. The molecule has 0 aliphatic carbocycles. The van der Waals surface area contributed by atoms with E-state index in [9.17, 15) is 17.2 Å². The number of primary sulfonamides is 1. The van der Waals surface area contributed by atoms with E-state index >= 15 is 0 Å². The first-order valence-corrected chi connectivity index (χ1v) is 7.66. The number of hydrogen-bond donors (Lipinski definition) is 2. The fourth-order valence-electron chi connectivity index (χ4n) is 1.86. The number of hydrogen-bond acceptors (Lipinski definition) is 3. The molecule has 0 aliphatic heterocycles. The van der Waals surface area contributed by atoms with E-state index in [1.165, 1.54) is 24.3 Å². The third-order valence-corrected chi connectivity index (χ3v) is 3.92. The van der Waals surface area contributed by atoms with Crippen molar-refractivity contribution in [1.82, 2.24) is 0 Å². The molecule has 112 valence electrons. The molecule has 1 atom stereocenters. The van der Waals surface area contributed by atoms with Gasteiger partial charge in [-0.05, 0) is 42.8 Å². The Morgan fingerprint density at radius 1 is 1.10 bits per heavy atom. The van der Waals surface area contributed by atoms with E-state index in [1.54, 1.807) is 19.1 Å². The first kappa shape index (κ1) is 15.4. The van der Waals surface area contributed by atoms with E-state index in [1.807, 2.05) is 0 Å². The molecule has 1 unspecified atom stereocenters. The van der Waals surface area contributed by atoms with Gasteiger partial charge in [0.15, 0.2) is 0 Å². The SMILES string of the molecule is CC(Nc1ccc(S(N)(=O)=O)cc1F)c1ccc(F)cc1. The van der Waals surface area contributed by atoms with Gasteiger partial charge in [0.25, 0.3) is 0 Å². The van der Waals surface area contributed by atoms with Gasteiger partial charge in [0, 0.05) is 6.04 Å². The van der Waals surface area contributed by atoms with E-state index in [-0.39, 0.29) is 22.4 Å². The monoisotopic (exact) mass is 312 g/mol. The van der Waals surface area contributed by atoms with Crippen molar-refractivity contribution in [3.63, 3.8) is 0 Å². The minimum Gasteiger partial charge on any atom is -0.376 e. The van der Waals surface area contributed by atoms with Crippen LogP contribution >= 0.6 is 0 Å². The molecule has 0 bridgehead atoms. The zero-order valence-electron chi connectivity index (χ0n) is 11.2. The third-order valence-electron chi connectivity index (χ3n) is 3.01. The molecule has 21 heavy (non-hydrogen) atoms. The highest BCUT2D eigenvalue weighted by Crippen LogP contribution is 2.23. The second-order valence-corrected chi connectivity index (χ2v) is 6.17. The normalized spacial score (nSPS) is 13.0. The zero-order chi connectivity index (χ0) is 15.6. The summed E-state index contributed by atoms with van der Waals surface area (Å²) in [6, 6.07) is 8.90. The van der Waals surface area contributed by atoms with Gasteiger partial charge in [0.1, 0.15) is 11.6 Å². The molecule has 0 aromatic heterocycles. The maximum Gasteiger partial charge on any atom is 0.238 e. The Morgan fingerprint density at radius 2 is 1.71 bits per heavy atom. The number of halogens is 2. The molecule has 0 aliphatic rings. The van der Waals surface area contributed by atoms with Crippen LogP contribution in [0.15, 0.2) is 47.4 Å². The Hall–Kier alpha value is -1.99. The summed E-state index contributed by atoms with van der Waals surface area (Å²) in [6.45, 7) is 1.78. The van der Waals surface area contributed by atoms with Gasteiger partial charge in [-0.3, -0.25) is 0 Å². The van der Waals surface area contributed by atoms with Crippen LogP contribution in [0.2, 0.25) is 0 Å². The van der Waals surface area contributed by atoms with Crippen molar-refractivity contribution in [2.24, 2.45) is 5.14 Å². The third kappa shape index (κ3) is 3.77. The Labute approximate surface area is 121 Å². The summed E-state index contributed by atoms with van der Waals surface area (Å²) in [5.41, 5.74) is 0.908. The van der Waals surface area contributed by atoms with E-state index in [2.05, 4.69) is 5.32 Å². The number of rotatable bonds is 4. The van der Waals surface area contributed by atoms with E-state index < -0.39 is 15.8 Å². The Bertz CT molecular complexity index is 746. The molecule has 0 spiro atoms. The fraction of sp³-hybridized carbons (Fsp3) is 0.143. The average Bonchev–Trinajstić information content (AvgIpc) is 2.40. The molecule has 2 aromatic carbocycles. The standard InChI is InChI=1S/C14H14F2N2O2S/c1-9(10-2-4-11(15)5-3-10)18-14-7-6-12(8-13(14)16)21(17,19)20/h2-9,18H,1H3,(H2,17,19,20). The second-order valence-electron chi connectivity index (χ2n) is 4.60. The molecule has 7 heteroatoms. The number of nitrogens with one attached hydrogen (secondary N) is 1. The molecule has 0 fully saturated rings. The fourth-order valence-corrected chi connectivity index (χ4v) is 2.38. The summed E-state index contributed by atoms with van der Waals surface area (Å²) in [7, 11) is -3.94. The zero-order valence-corrected chi connectivity index (χ0v) is 12.0. The van der Waals surface area contributed by atoms with Crippen LogP contribution in [0.1, 0.15) is 18.5 Å². The number of anilines is 1. The van der Waals surface area contributed by atoms with Gasteiger partial charge in [-0.1, -0.05) is 12.1 Å². The summed E-state index contributed by atoms with van der Waals surface area (Å²) in [6.07, 6.45) is 0. The minimum absolute atomic E-state index is 0.138. The predicted octanol–water partition coefficient (Wildman–Crippen LogP) is 2.79. The number of nitrogens with two attached hydrogens (primary N) is 1. The van der Waals surface area contributed by atoms with Gasteiger partial charge in [0.2, 0.25) is 10.0 Å². The number of sulfonamides is 1. The second kappa shape index (κ2) is 5.79. The van der Waals surface area contributed by atoms with Crippen LogP contribution < -0.4 is 10.5 Å². The quantitative estimate of drug-likeness (QED) is 0.912. The van der Waals surface area contributed by atoms with Crippen molar-refractivity contribution in [2.45, 2.75) is 17.9 Å². The molecular formula is C14H14F2N2O2S. The van der Waals surface area contributed by atoms with E-state index in [0.29, 0.717) is 0 Å². The van der Waals surface area contributed by atoms with Crippen molar-refractivity contribution >= 4 is 15.7 Å². The van der Waals surface area contributed by atoms with Crippen molar-refractivity contribution in [1.29, 1.82) is 0 Å². The lowest BCUT2D eigenvalue weighted by Crippen LogP contribution is -2.13. The van der Waals surface area contributed by atoms with Gasteiger partial charge < -0.3 is 5.32 Å². The molecule has 0 heterocycles. The highest BCUT2D eigenvalue weighted by Gasteiger charge is 2.13. The molecule has 0 radical (unpaired) electrons. The molecule has 0 amide bonds. The van der Waals surface area contributed by atoms with Crippen LogP contribution in [0.3, 0.4) is 0 Å². The van der Waals surface area contributed by atoms with Gasteiger partial charge in [-0.2, -0.15) is 0 Å². The molecule has 3 N–H and O–H groups in total. The van der Waals surface area contributed by atoms with Crippen LogP contribution in [0.25, 0.3) is 0 Å². The maximum atomic E-state index is 13.9.